The summed E-state index contributed by atoms with van der Waals surface area (Å²) < 4.78 is 14.8. The normalized spacial score (nSPS) is 14.6. The number of piperazine rings is 1. The minimum atomic E-state index is -0.513. The van der Waals surface area contributed by atoms with Crippen molar-refractivity contribution in [2.75, 3.05) is 51.6 Å². The number of nitrogens with zero attached hydrogens (tertiary/aromatic N) is 5. The molecule has 2 N–H and O–H groups in total. The molecule has 0 bridgehead atoms. The Morgan fingerprint density at radius 3 is 2.62 bits per heavy atom. The van der Waals surface area contributed by atoms with Crippen LogP contribution in [0.2, 0.25) is 0 Å². The zero-order valence-electron chi connectivity index (χ0n) is 21.0. The van der Waals surface area contributed by atoms with Crippen molar-refractivity contribution in [3.63, 3.8) is 0 Å². The van der Waals surface area contributed by atoms with Gasteiger partial charge in [-0.05, 0) is 73.6 Å². The Morgan fingerprint density at radius 1 is 1.03 bits per heavy atom. The van der Waals surface area contributed by atoms with Crippen LogP contribution in [0.15, 0.2) is 66.9 Å². The second-order valence-electron chi connectivity index (χ2n) is 9.42. The number of hydrogen-bond acceptors (Lipinski definition) is 6. The summed E-state index contributed by atoms with van der Waals surface area (Å²) in [7, 11) is 2.15. The number of carbonyl (C=O) groups is 1. The van der Waals surface area contributed by atoms with Crippen molar-refractivity contribution in [1.29, 1.82) is 0 Å². The molecule has 8 nitrogen and oxygen atoms in total. The number of fused-ring (bicyclic) bond motifs is 1. The smallest absolute Gasteiger partial charge is 0.251 e. The van der Waals surface area contributed by atoms with E-state index in [2.05, 4.69) is 37.6 Å². The number of benzene rings is 2. The molecule has 1 fully saturated rings. The van der Waals surface area contributed by atoms with Crippen molar-refractivity contribution in [3.8, 4) is 11.1 Å². The van der Waals surface area contributed by atoms with Gasteiger partial charge in [-0.25, -0.2) is 8.91 Å². The summed E-state index contributed by atoms with van der Waals surface area (Å²) in [6.07, 6.45) is 2.77. The van der Waals surface area contributed by atoms with Gasteiger partial charge in [0, 0.05) is 55.7 Å². The maximum atomic E-state index is 13.1. The van der Waals surface area contributed by atoms with Crippen LogP contribution in [-0.2, 0) is 6.67 Å². The molecule has 0 aliphatic carbocycles. The molecule has 37 heavy (non-hydrogen) atoms. The van der Waals surface area contributed by atoms with Gasteiger partial charge in [-0.15, -0.1) is 5.10 Å². The van der Waals surface area contributed by atoms with Crippen LogP contribution in [-0.4, -0.2) is 76.6 Å². The van der Waals surface area contributed by atoms with Crippen molar-refractivity contribution in [2.45, 2.75) is 13.1 Å². The molecular weight excluding hydrogens is 469 g/mol. The third-order valence-electron chi connectivity index (χ3n) is 6.69. The minimum Gasteiger partial charge on any atom is -0.352 e. The summed E-state index contributed by atoms with van der Waals surface area (Å²) in [6, 6.07) is 18.5. The molecule has 4 aromatic rings. The molecule has 2 aromatic heterocycles. The molecular formula is C28H32FN7O. The molecule has 1 saturated heterocycles. The highest BCUT2D eigenvalue weighted by molar-refractivity contribution is 5.94. The molecule has 1 aliphatic rings. The average molecular weight is 502 g/mol. The van der Waals surface area contributed by atoms with Crippen molar-refractivity contribution in [2.24, 2.45) is 0 Å². The van der Waals surface area contributed by atoms with Crippen LogP contribution in [0, 0.1) is 0 Å². The van der Waals surface area contributed by atoms with Crippen LogP contribution >= 0.6 is 0 Å². The summed E-state index contributed by atoms with van der Waals surface area (Å²) in [5.41, 5.74) is 4.45. The zero-order valence-corrected chi connectivity index (χ0v) is 21.0. The Morgan fingerprint density at radius 2 is 1.84 bits per heavy atom. The molecule has 9 heteroatoms. The molecule has 0 atom stereocenters. The molecule has 1 amide bonds. The van der Waals surface area contributed by atoms with E-state index in [4.69, 9.17) is 0 Å². The number of amides is 1. The summed E-state index contributed by atoms with van der Waals surface area (Å²) in [6.45, 7) is 5.54. The summed E-state index contributed by atoms with van der Waals surface area (Å²) in [5.74, 6) is 0.367. The maximum Gasteiger partial charge on any atom is 0.251 e. The number of rotatable bonds is 9. The van der Waals surface area contributed by atoms with Crippen LogP contribution in [0.25, 0.3) is 16.8 Å². The van der Waals surface area contributed by atoms with E-state index in [1.165, 1.54) is 0 Å². The number of anilines is 2. The number of aromatic nitrogens is 3. The highest BCUT2D eigenvalue weighted by Crippen LogP contribution is 2.26. The monoisotopic (exact) mass is 501 g/mol. The quantitative estimate of drug-likeness (QED) is 0.338. The van der Waals surface area contributed by atoms with Crippen molar-refractivity contribution in [3.05, 3.63) is 78.0 Å². The van der Waals surface area contributed by atoms with Gasteiger partial charge < -0.3 is 20.4 Å². The van der Waals surface area contributed by atoms with Crippen LogP contribution in [0.5, 0.6) is 0 Å². The molecule has 3 heterocycles. The highest BCUT2D eigenvalue weighted by atomic mass is 19.1. The summed E-state index contributed by atoms with van der Waals surface area (Å²) in [4.78, 5) is 22.0. The average Bonchev–Trinajstić information content (AvgIpc) is 3.35. The van der Waals surface area contributed by atoms with E-state index < -0.39 is 6.67 Å². The largest absolute Gasteiger partial charge is 0.352 e. The number of hydrogen-bond donors (Lipinski definition) is 2. The molecule has 0 unspecified atom stereocenters. The number of alkyl halides is 1. The summed E-state index contributed by atoms with van der Waals surface area (Å²) >= 11 is 0. The molecule has 5 rings (SSSR count). The van der Waals surface area contributed by atoms with Gasteiger partial charge in [0.05, 0.1) is 0 Å². The lowest BCUT2D eigenvalue weighted by Crippen LogP contribution is -2.45. The summed E-state index contributed by atoms with van der Waals surface area (Å²) in [5, 5.41) is 10.7. The lowest BCUT2D eigenvalue weighted by atomic mass is 10.0. The van der Waals surface area contributed by atoms with E-state index in [0.717, 1.165) is 56.0 Å². The molecule has 192 valence electrons. The van der Waals surface area contributed by atoms with Gasteiger partial charge in [0.2, 0.25) is 5.95 Å². The van der Waals surface area contributed by atoms with Gasteiger partial charge in [-0.2, -0.15) is 4.98 Å². The molecule has 2 aromatic carbocycles. The zero-order chi connectivity index (χ0) is 25.6. The van der Waals surface area contributed by atoms with Gasteiger partial charge >= 0.3 is 0 Å². The first-order valence-corrected chi connectivity index (χ1v) is 12.7. The Labute approximate surface area is 216 Å². The van der Waals surface area contributed by atoms with E-state index in [0.29, 0.717) is 29.3 Å². The Bertz CT molecular complexity index is 1350. The maximum absolute atomic E-state index is 13.1. The van der Waals surface area contributed by atoms with Crippen molar-refractivity contribution >= 4 is 23.2 Å². The predicted octanol–water partition coefficient (Wildman–Crippen LogP) is 3.98. The third-order valence-corrected chi connectivity index (χ3v) is 6.69. The topological polar surface area (TPSA) is 77.8 Å². The Hall–Kier alpha value is -3.82. The minimum absolute atomic E-state index is 0.0732. The number of pyridine rings is 1. The van der Waals surface area contributed by atoms with Gasteiger partial charge in [0.25, 0.3) is 5.91 Å². The van der Waals surface area contributed by atoms with Crippen LogP contribution in [0.3, 0.4) is 0 Å². The molecule has 0 radical (unpaired) electrons. The Balaban J connectivity index is 1.18. The van der Waals surface area contributed by atoms with Crippen molar-refractivity contribution in [1.82, 2.24) is 29.7 Å². The Kier molecular flexibility index (Phi) is 7.72. The van der Waals surface area contributed by atoms with E-state index in [1.54, 1.807) is 22.7 Å². The SMILES string of the molecule is CN1CCN(CCCNC(=O)c2ccc(Nc3nc4c(-c5cccc(CF)c5)cccn4n3)cc2)CC1. The number of nitrogens with one attached hydrogen (secondary N) is 2. The third kappa shape index (κ3) is 6.12. The van der Waals surface area contributed by atoms with E-state index in [-0.39, 0.29) is 5.91 Å². The first-order chi connectivity index (χ1) is 18.1. The number of carbonyl (C=O) groups excluding carboxylic acids is 1. The number of likely N-dealkylation sites (N-methyl/N-ethyl adjacent to an activating group) is 1. The van der Waals surface area contributed by atoms with Crippen LogP contribution in [0.1, 0.15) is 22.3 Å². The van der Waals surface area contributed by atoms with E-state index >= 15 is 0 Å². The molecule has 0 spiro atoms. The lowest BCUT2D eigenvalue weighted by Gasteiger charge is -2.32. The fourth-order valence-corrected chi connectivity index (χ4v) is 4.52. The second-order valence-corrected chi connectivity index (χ2v) is 9.42. The molecule has 0 saturated carbocycles. The lowest BCUT2D eigenvalue weighted by molar-refractivity contribution is 0.0949. The van der Waals surface area contributed by atoms with E-state index in [9.17, 15) is 9.18 Å². The first-order valence-electron chi connectivity index (χ1n) is 12.7. The van der Waals surface area contributed by atoms with Gasteiger partial charge in [0.15, 0.2) is 5.65 Å². The van der Waals surface area contributed by atoms with Crippen LogP contribution < -0.4 is 10.6 Å². The second kappa shape index (κ2) is 11.5. The van der Waals surface area contributed by atoms with Crippen molar-refractivity contribution < 1.29 is 9.18 Å². The van der Waals surface area contributed by atoms with Crippen LogP contribution in [0.4, 0.5) is 16.0 Å². The van der Waals surface area contributed by atoms with Gasteiger partial charge in [0.1, 0.15) is 6.67 Å². The fourth-order valence-electron chi connectivity index (χ4n) is 4.52. The standard InChI is InChI=1S/C28H32FN7O/c1-34-15-17-35(18-16-34)13-4-12-30-27(37)22-8-10-24(11-9-22)31-28-32-26-25(7-3-14-36(26)33-28)23-6-2-5-21(19-23)20-29/h2-3,5-11,14,19H,4,12-13,15-18,20H2,1H3,(H,30,37)(H,31,33). The molecule has 1 aliphatic heterocycles. The van der Waals surface area contributed by atoms with E-state index in [1.807, 2.05) is 48.7 Å². The highest BCUT2D eigenvalue weighted by Gasteiger charge is 2.14. The predicted molar refractivity (Wildman–Crippen MR) is 144 cm³/mol. The van der Waals surface area contributed by atoms with Gasteiger partial charge in [-0.3, -0.25) is 4.79 Å². The van der Waals surface area contributed by atoms with Gasteiger partial charge in [-0.1, -0.05) is 18.2 Å². The fraction of sp³-hybridized carbons (Fsp3) is 0.321. The number of halogens is 1. The first kappa shape index (κ1) is 24.9.